The molecule has 0 fully saturated rings. The maximum absolute atomic E-state index is 12.0. The Morgan fingerprint density at radius 2 is 1.68 bits per heavy atom. The number of hydrogen-bond acceptors (Lipinski definition) is 3. The first-order chi connectivity index (χ1) is 10.3. The Morgan fingerprint density at radius 1 is 1.05 bits per heavy atom. The Hall–Kier alpha value is -2.13. The summed E-state index contributed by atoms with van der Waals surface area (Å²) in [6.07, 6.45) is 0.754. The summed E-state index contributed by atoms with van der Waals surface area (Å²) < 4.78 is 5.32. The van der Waals surface area contributed by atoms with Crippen LogP contribution in [0, 0.1) is 0 Å². The third-order valence-corrected chi connectivity index (χ3v) is 3.13. The summed E-state index contributed by atoms with van der Waals surface area (Å²) in [4.78, 5) is 22.9. The Bertz CT molecular complexity index is 697. The second-order valence-electron chi connectivity index (χ2n) is 5.97. The van der Waals surface area contributed by atoms with Crippen molar-refractivity contribution in [1.29, 1.82) is 0 Å². The minimum Gasteiger partial charge on any atom is -0.456 e. The third kappa shape index (κ3) is 4.18. The summed E-state index contributed by atoms with van der Waals surface area (Å²) in [5, 5.41) is 0.496. The average molecular weight is 317 g/mol. The fourth-order valence-electron chi connectivity index (χ4n) is 1.98. The van der Waals surface area contributed by atoms with Crippen molar-refractivity contribution in [2.45, 2.75) is 26.4 Å². The van der Waals surface area contributed by atoms with E-state index in [2.05, 4.69) is 0 Å². The van der Waals surface area contributed by atoms with Crippen molar-refractivity contribution in [3.05, 3.63) is 58.6 Å². The lowest BCUT2D eigenvalue weighted by Gasteiger charge is -2.19. The summed E-state index contributed by atoms with van der Waals surface area (Å²) in [6, 6.07) is 12.1. The Labute approximate surface area is 134 Å². The van der Waals surface area contributed by atoms with Gasteiger partial charge in [-0.2, -0.15) is 0 Å². The highest BCUT2D eigenvalue weighted by molar-refractivity contribution is 6.31. The Kier molecular flexibility index (Phi) is 4.67. The van der Waals surface area contributed by atoms with Crippen LogP contribution in [0.5, 0.6) is 0 Å². The maximum atomic E-state index is 12.0. The third-order valence-electron chi connectivity index (χ3n) is 2.91. The van der Waals surface area contributed by atoms with E-state index in [-0.39, 0.29) is 5.97 Å². The summed E-state index contributed by atoms with van der Waals surface area (Å²) in [7, 11) is 0. The van der Waals surface area contributed by atoms with Crippen molar-refractivity contribution in [2.24, 2.45) is 0 Å². The monoisotopic (exact) mass is 316 g/mol. The molecule has 2 rings (SSSR count). The van der Waals surface area contributed by atoms with E-state index in [1.165, 1.54) is 0 Å². The normalized spacial score (nSPS) is 11.1. The number of hydrogen-bond donors (Lipinski definition) is 0. The number of benzene rings is 2. The molecule has 0 spiro atoms. The topological polar surface area (TPSA) is 43.4 Å². The van der Waals surface area contributed by atoms with Gasteiger partial charge >= 0.3 is 5.97 Å². The molecule has 0 N–H and O–H groups in total. The minimum absolute atomic E-state index is 0.362. The zero-order chi connectivity index (χ0) is 16.3. The van der Waals surface area contributed by atoms with Gasteiger partial charge in [0.05, 0.1) is 5.56 Å². The molecule has 0 aliphatic rings. The van der Waals surface area contributed by atoms with Crippen LogP contribution in [0.2, 0.25) is 5.02 Å². The van der Waals surface area contributed by atoms with Gasteiger partial charge in [0.2, 0.25) is 0 Å². The van der Waals surface area contributed by atoms with Gasteiger partial charge in [0.25, 0.3) is 0 Å². The van der Waals surface area contributed by atoms with Crippen LogP contribution in [0.15, 0.2) is 42.5 Å². The van der Waals surface area contributed by atoms with Gasteiger partial charge in [0.15, 0.2) is 0 Å². The van der Waals surface area contributed by atoms with Crippen LogP contribution in [0.1, 0.15) is 41.5 Å². The van der Waals surface area contributed by atoms with Crippen LogP contribution in [0.4, 0.5) is 0 Å². The number of ether oxygens (including phenoxy) is 1. The van der Waals surface area contributed by atoms with Gasteiger partial charge in [-0.1, -0.05) is 23.7 Å². The van der Waals surface area contributed by atoms with Crippen LogP contribution < -0.4 is 0 Å². The molecule has 4 heteroatoms. The molecule has 0 unspecified atom stereocenters. The number of rotatable bonds is 3. The predicted molar refractivity (Wildman–Crippen MR) is 87.4 cm³/mol. The minimum atomic E-state index is -0.526. The van der Waals surface area contributed by atoms with E-state index < -0.39 is 5.60 Å². The second kappa shape index (κ2) is 6.32. The highest BCUT2D eigenvalue weighted by Crippen LogP contribution is 2.25. The van der Waals surface area contributed by atoms with Crippen LogP contribution >= 0.6 is 11.6 Å². The Balaban J connectivity index is 2.27. The number of carbonyl (C=O) groups excluding carboxylic acids is 2. The van der Waals surface area contributed by atoms with Crippen molar-refractivity contribution in [1.82, 2.24) is 0 Å². The molecule has 0 atom stereocenters. The van der Waals surface area contributed by atoms with E-state index >= 15 is 0 Å². The summed E-state index contributed by atoms with van der Waals surface area (Å²) >= 11 is 6.00. The zero-order valence-corrected chi connectivity index (χ0v) is 13.5. The van der Waals surface area contributed by atoms with E-state index in [9.17, 15) is 9.59 Å². The lowest BCUT2D eigenvalue weighted by Crippen LogP contribution is -2.23. The SMILES string of the molecule is CC(C)(C)OC(=O)c1ccc(-c2cc(Cl)cc(C=O)c2)cc1. The van der Waals surface area contributed by atoms with E-state index in [1.807, 2.05) is 20.8 Å². The molecule has 0 heterocycles. The molecule has 3 nitrogen and oxygen atoms in total. The first-order valence-corrected chi connectivity index (χ1v) is 7.26. The first-order valence-electron chi connectivity index (χ1n) is 6.88. The number of carbonyl (C=O) groups is 2. The molecule has 2 aromatic carbocycles. The second-order valence-corrected chi connectivity index (χ2v) is 6.41. The van der Waals surface area contributed by atoms with Crippen molar-refractivity contribution >= 4 is 23.9 Å². The molecular formula is C18H17ClO3. The van der Waals surface area contributed by atoms with Gasteiger partial charge in [-0.3, -0.25) is 4.79 Å². The number of esters is 1. The van der Waals surface area contributed by atoms with Gasteiger partial charge < -0.3 is 4.74 Å². The van der Waals surface area contributed by atoms with E-state index in [4.69, 9.17) is 16.3 Å². The molecule has 0 aromatic heterocycles. The highest BCUT2D eigenvalue weighted by atomic mass is 35.5. The molecule has 22 heavy (non-hydrogen) atoms. The summed E-state index contributed by atoms with van der Waals surface area (Å²) in [5.74, 6) is -0.362. The lowest BCUT2D eigenvalue weighted by molar-refractivity contribution is 0.00695. The molecule has 0 radical (unpaired) electrons. The fraction of sp³-hybridized carbons (Fsp3) is 0.222. The van der Waals surface area contributed by atoms with Gasteiger partial charge in [-0.15, -0.1) is 0 Å². The molecule has 0 saturated carbocycles. The van der Waals surface area contributed by atoms with Crippen molar-refractivity contribution in [2.75, 3.05) is 0 Å². The molecule has 0 aliphatic carbocycles. The quantitative estimate of drug-likeness (QED) is 0.605. The van der Waals surface area contributed by atoms with Crippen LogP contribution in [0.25, 0.3) is 11.1 Å². The highest BCUT2D eigenvalue weighted by Gasteiger charge is 2.17. The molecule has 0 amide bonds. The molecule has 0 bridgehead atoms. The number of aldehydes is 1. The average Bonchev–Trinajstić information content (AvgIpc) is 2.45. The smallest absolute Gasteiger partial charge is 0.338 e. The van der Waals surface area contributed by atoms with Crippen molar-refractivity contribution < 1.29 is 14.3 Å². The summed E-state index contributed by atoms with van der Waals surface area (Å²) in [6.45, 7) is 5.48. The molecule has 0 saturated heterocycles. The molecular weight excluding hydrogens is 300 g/mol. The van der Waals surface area contributed by atoms with Crippen molar-refractivity contribution in [3.8, 4) is 11.1 Å². The largest absolute Gasteiger partial charge is 0.456 e. The molecule has 2 aromatic rings. The predicted octanol–water partition coefficient (Wildman–Crippen LogP) is 4.77. The summed E-state index contributed by atoms with van der Waals surface area (Å²) in [5.41, 5.74) is 2.17. The van der Waals surface area contributed by atoms with Crippen LogP contribution in [-0.2, 0) is 4.74 Å². The lowest BCUT2D eigenvalue weighted by atomic mass is 10.0. The fourth-order valence-corrected chi connectivity index (χ4v) is 2.23. The van der Waals surface area contributed by atoms with Gasteiger partial charge in [-0.25, -0.2) is 4.79 Å². The molecule has 114 valence electrons. The first kappa shape index (κ1) is 16.2. The van der Waals surface area contributed by atoms with Crippen LogP contribution in [0.3, 0.4) is 0 Å². The van der Waals surface area contributed by atoms with Crippen LogP contribution in [-0.4, -0.2) is 17.9 Å². The van der Waals surface area contributed by atoms with Crippen molar-refractivity contribution in [3.63, 3.8) is 0 Å². The van der Waals surface area contributed by atoms with E-state index in [0.29, 0.717) is 16.1 Å². The number of halogens is 1. The zero-order valence-electron chi connectivity index (χ0n) is 12.7. The van der Waals surface area contributed by atoms with Gasteiger partial charge in [-0.05, 0) is 62.2 Å². The van der Waals surface area contributed by atoms with E-state index in [0.717, 1.165) is 17.4 Å². The Morgan fingerprint density at radius 3 is 2.23 bits per heavy atom. The van der Waals surface area contributed by atoms with Gasteiger partial charge in [0.1, 0.15) is 11.9 Å². The standard InChI is InChI=1S/C18H17ClO3/c1-18(2,3)22-17(21)14-6-4-13(5-7-14)15-8-12(11-20)9-16(19)10-15/h4-11H,1-3H3. The maximum Gasteiger partial charge on any atom is 0.338 e. The van der Waals surface area contributed by atoms with E-state index in [1.54, 1.807) is 42.5 Å². The molecule has 0 aliphatic heterocycles. The van der Waals surface area contributed by atoms with Gasteiger partial charge in [0, 0.05) is 10.6 Å².